The first kappa shape index (κ1) is 29.1. The average molecular weight is 547 g/mol. The van der Waals surface area contributed by atoms with Gasteiger partial charge in [0.15, 0.2) is 0 Å². The van der Waals surface area contributed by atoms with E-state index >= 15 is 0 Å². The zero-order valence-corrected chi connectivity index (χ0v) is 22.8. The zero-order chi connectivity index (χ0) is 28.1. The summed E-state index contributed by atoms with van der Waals surface area (Å²) >= 11 is 0. The summed E-state index contributed by atoms with van der Waals surface area (Å²) in [7, 11) is -3.91. The molecular weight excluding hydrogens is 512 g/mol. The lowest BCUT2D eigenvalue weighted by molar-refractivity contribution is -0.155. The van der Waals surface area contributed by atoms with Crippen LogP contribution in [0.25, 0.3) is 11.1 Å². The summed E-state index contributed by atoms with van der Waals surface area (Å²) in [5.41, 5.74) is 3.50. The van der Waals surface area contributed by atoms with Gasteiger partial charge >= 0.3 is 18.0 Å². The number of carbonyl (C=O) groups is 3. The zero-order valence-electron chi connectivity index (χ0n) is 22.0. The number of amides is 1. The second-order valence-electron chi connectivity index (χ2n) is 10.2. The fraction of sp³-hybridized carbons (Fsp3) is 0.444. The molecule has 1 amide bonds. The number of hydrogen-bond donors (Lipinski definition) is 2. The predicted molar refractivity (Wildman–Crippen MR) is 141 cm³/mol. The van der Waals surface area contributed by atoms with Gasteiger partial charge in [0.05, 0.1) is 6.26 Å². The third kappa shape index (κ3) is 8.03. The van der Waals surface area contributed by atoms with Crippen LogP contribution >= 0.6 is 0 Å². The molecule has 1 aliphatic carbocycles. The van der Waals surface area contributed by atoms with Crippen LogP contribution < -0.4 is 5.32 Å². The largest absolute Gasteiger partial charge is 0.480 e. The number of fused-ring (bicyclic) bond motifs is 3. The summed E-state index contributed by atoms with van der Waals surface area (Å²) in [6, 6.07) is 14.9. The number of carboxylic acid groups (broad SMARTS) is 1. The number of benzene rings is 2. The van der Waals surface area contributed by atoms with Crippen LogP contribution in [0.2, 0.25) is 0 Å². The van der Waals surface area contributed by atoms with E-state index < -0.39 is 46.2 Å². The molecule has 206 valence electrons. The molecule has 0 radical (unpaired) electrons. The SMILES string of the molecule is CC(C)(C)OC(=O)CC[C@@H](CN(CC(=O)O)S(C)(=O)=O)NC(=O)OCC1c2ccccc2-c2ccccc21. The van der Waals surface area contributed by atoms with Gasteiger partial charge in [0.1, 0.15) is 18.8 Å². The number of nitrogens with one attached hydrogen (secondary N) is 1. The van der Waals surface area contributed by atoms with E-state index in [1.807, 2.05) is 48.5 Å². The number of rotatable bonds is 11. The van der Waals surface area contributed by atoms with Gasteiger partial charge < -0.3 is 19.9 Å². The molecular formula is C27H34N2O8S. The lowest BCUT2D eigenvalue weighted by Crippen LogP contribution is -2.47. The third-order valence-electron chi connectivity index (χ3n) is 5.99. The quantitative estimate of drug-likeness (QED) is 0.409. The Balaban J connectivity index is 1.71. The Bertz CT molecular complexity index is 1240. The average Bonchev–Trinajstić information content (AvgIpc) is 3.12. The second-order valence-corrected chi connectivity index (χ2v) is 12.2. The van der Waals surface area contributed by atoms with Crippen LogP contribution in [0.4, 0.5) is 4.79 Å². The summed E-state index contributed by atoms with van der Waals surface area (Å²) < 4.78 is 35.9. The monoisotopic (exact) mass is 546 g/mol. The van der Waals surface area contributed by atoms with Crippen molar-refractivity contribution < 1.29 is 37.4 Å². The first-order chi connectivity index (χ1) is 17.7. The van der Waals surface area contributed by atoms with Gasteiger partial charge in [0, 0.05) is 24.9 Å². The van der Waals surface area contributed by atoms with Crippen molar-refractivity contribution in [1.82, 2.24) is 9.62 Å². The molecule has 0 aliphatic heterocycles. The second kappa shape index (κ2) is 12.0. The Hall–Kier alpha value is -3.44. The van der Waals surface area contributed by atoms with Crippen molar-refractivity contribution in [1.29, 1.82) is 0 Å². The number of alkyl carbamates (subject to hydrolysis) is 1. The topological polar surface area (TPSA) is 139 Å². The lowest BCUT2D eigenvalue weighted by atomic mass is 9.98. The van der Waals surface area contributed by atoms with E-state index in [0.29, 0.717) is 0 Å². The van der Waals surface area contributed by atoms with E-state index in [1.54, 1.807) is 20.8 Å². The minimum atomic E-state index is -3.91. The van der Waals surface area contributed by atoms with E-state index in [9.17, 15) is 22.8 Å². The maximum Gasteiger partial charge on any atom is 0.407 e. The third-order valence-corrected chi connectivity index (χ3v) is 7.20. The lowest BCUT2D eigenvalue weighted by Gasteiger charge is -2.26. The molecule has 10 nitrogen and oxygen atoms in total. The number of esters is 1. The van der Waals surface area contributed by atoms with Gasteiger partial charge in [-0.15, -0.1) is 0 Å². The molecule has 38 heavy (non-hydrogen) atoms. The summed E-state index contributed by atoms with van der Waals surface area (Å²) in [5, 5.41) is 11.8. The molecule has 0 fully saturated rings. The van der Waals surface area contributed by atoms with Crippen LogP contribution in [-0.2, 0) is 29.1 Å². The first-order valence-corrected chi connectivity index (χ1v) is 14.1. The van der Waals surface area contributed by atoms with Crippen molar-refractivity contribution in [2.45, 2.75) is 51.2 Å². The number of carbonyl (C=O) groups excluding carboxylic acids is 2. The minimum absolute atomic E-state index is 0.0186. The van der Waals surface area contributed by atoms with E-state index in [2.05, 4.69) is 5.32 Å². The molecule has 2 N–H and O–H groups in total. The smallest absolute Gasteiger partial charge is 0.407 e. The van der Waals surface area contributed by atoms with Crippen LogP contribution in [0.3, 0.4) is 0 Å². The Morgan fingerprint density at radius 2 is 1.58 bits per heavy atom. The molecule has 1 aliphatic rings. The number of hydrogen-bond acceptors (Lipinski definition) is 7. The summed E-state index contributed by atoms with van der Waals surface area (Å²) in [6.07, 6.45) is -0.0142. The van der Waals surface area contributed by atoms with Gasteiger partial charge in [0.25, 0.3) is 0 Å². The molecule has 0 heterocycles. The minimum Gasteiger partial charge on any atom is -0.480 e. The first-order valence-electron chi connectivity index (χ1n) is 12.2. The highest BCUT2D eigenvalue weighted by Crippen LogP contribution is 2.44. The van der Waals surface area contributed by atoms with Crippen LogP contribution in [-0.4, -0.2) is 73.5 Å². The molecule has 0 saturated heterocycles. The Morgan fingerprint density at radius 1 is 1.03 bits per heavy atom. The van der Waals surface area contributed by atoms with Crippen molar-refractivity contribution >= 4 is 28.1 Å². The van der Waals surface area contributed by atoms with Crippen LogP contribution in [0.5, 0.6) is 0 Å². The molecule has 0 bridgehead atoms. The van der Waals surface area contributed by atoms with Crippen molar-refractivity contribution in [3.8, 4) is 11.1 Å². The van der Waals surface area contributed by atoms with Gasteiger partial charge in [-0.25, -0.2) is 13.2 Å². The summed E-state index contributed by atoms with van der Waals surface area (Å²) in [6.45, 7) is 4.07. The van der Waals surface area contributed by atoms with Crippen LogP contribution in [0.15, 0.2) is 48.5 Å². The van der Waals surface area contributed by atoms with Crippen LogP contribution in [0, 0.1) is 0 Å². The van der Waals surface area contributed by atoms with Gasteiger partial charge in [-0.2, -0.15) is 4.31 Å². The van der Waals surface area contributed by atoms with E-state index in [0.717, 1.165) is 32.8 Å². The molecule has 1 atom stereocenters. The highest BCUT2D eigenvalue weighted by atomic mass is 32.2. The van der Waals surface area contributed by atoms with Gasteiger partial charge in [-0.05, 0) is 49.4 Å². The number of ether oxygens (including phenoxy) is 2. The number of nitrogens with zero attached hydrogens (tertiary/aromatic N) is 1. The Morgan fingerprint density at radius 3 is 2.08 bits per heavy atom. The van der Waals surface area contributed by atoms with E-state index in [4.69, 9.17) is 14.6 Å². The van der Waals surface area contributed by atoms with E-state index in [-0.39, 0.29) is 31.9 Å². The molecule has 0 spiro atoms. The highest BCUT2D eigenvalue weighted by Gasteiger charge is 2.30. The Labute approximate surface area is 223 Å². The van der Waals surface area contributed by atoms with Gasteiger partial charge in [0.2, 0.25) is 10.0 Å². The maximum atomic E-state index is 12.8. The Kier molecular flexibility index (Phi) is 9.16. The standard InChI is InChI=1S/C27H34N2O8S/c1-27(2,3)37-25(32)14-13-18(15-29(16-24(30)31)38(4,34)35)28-26(33)36-17-23-21-11-7-5-9-19(21)20-10-6-8-12-22(20)23/h5-12,18,23H,13-17H2,1-4H3,(H,28,33)(H,30,31)/t18-/m0/s1. The normalized spacial score (nSPS) is 13.9. The molecule has 0 aromatic heterocycles. The van der Waals surface area contributed by atoms with Crippen molar-refractivity contribution in [3.05, 3.63) is 59.7 Å². The number of carboxylic acids is 1. The van der Waals surface area contributed by atoms with Crippen LogP contribution in [0.1, 0.15) is 50.7 Å². The number of sulfonamides is 1. The summed E-state index contributed by atoms with van der Waals surface area (Å²) in [4.78, 5) is 36.3. The van der Waals surface area contributed by atoms with Crippen molar-refractivity contribution in [2.24, 2.45) is 0 Å². The molecule has 3 rings (SSSR count). The molecule has 11 heteroatoms. The fourth-order valence-corrected chi connectivity index (χ4v) is 5.21. The van der Waals surface area contributed by atoms with Gasteiger partial charge in [-0.3, -0.25) is 9.59 Å². The van der Waals surface area contributed by atoms with Crippen molar-refractivity contribution in [2.75, 3.05) is 26.0 Å². The highest BCUT2D eigenvalue weighted by molar-refractivity contribution is 7.88. The molecule has 0 unspecified atom stereocenters. The van der Waals surface area contributed by atoms with Gasteiger partial charge in [-0.1, -0.05) is 48.5 Å². The molecule has 2 aromatic carbocycles. The molecule has 0 saturated carbocycles. The summed E-state index contributed by atoms with van der Waals surface area (Å²) in [5.74, 6) is -2.05. The molecule has 2 aromatic rings. The predicted octanol–water partition coefficient (Wildman–Crippen LogP) is 3.36. The maximum absolute atomic E-state index is 12.8. The fourth-order valence-electron chi connectivity index (χ4n) is 4.41. The van der Waals surface area contributed by atoms with E-state index in [1.165, 1.54) is 0 Å². The van der Waals surface area contributed by atoms with Crippen molar-refractivity contribution in [3.63, 3.8) is 0 Å². The number of aliphatic carboxylic acids is 1.